The van der Waals surface area contributed by atoms with Crippen LogP contribution in [0.15, 0.2) is 49.4 Å². The van der Waals surface area contributed by atoms with Gasteiger partial charge in [-0.15, -0.1) is 6.42 Å². The molecule has 6 rings (SSSR count). The van der Waals surface area contributed by atoms with Gasteiger partial charge in [0.1, 0.15) is 6.61 Å². The van der Waals surface area contributed by atoms with Crippen LogP contribution in [0.2, 0.25) is 0 Å². The molecule has 1 N–H and O–H groups in total. The summed E-state index contributed by atoms with van der Waals surface area (Å²) in [7, 11) is 0. The van der Waals surface area contributed by atoms with Crippen LogP contribution < -0.4 is 9.64 Å². The van der Waals surface area contributed by atoms with Gasteiger partial charge in [-0.1, -0.05) is 18.6 Å². The Hall–Kier alpha value is -4.78. The van der Waals surface area contributed by atoms with Crippen LogP contribution >= 0.6 is 0 Å². The number of likely N-dealkylation sites (tertiary alicyclic amines) is 1. The third kappa shape index (κ3) is 4.02. The molecule has 2 aliphatic rings. The zero-order valence-corrected chi connectivity index (χ0v) is 21.0. The molecule has 0 aliphatic carbocycles. The number of benzene rings is 1. The van der Waals surface area contributed by atoms with Crippen molar-refractivity contribution in [2.24, 2.45) is 5.41 Å². The Morgan fingerprint density at radius 1 is 1.24 bits per heavy atom. The highest BCUT2D eigenvalue weighted by Gasteiger charge is 2.49. The number of amides is 1. The molecule has 190 valence electrons. The van der Waals surface area contributed by atoms with Gasteiger partial charge in [0.15, 0.2) is 5.82 Å². The summed E-state index contributed by atoms with van der Waals surface area (Å²) in [4.78, 5) is 25.7. The molecule has 5 heterocycles. The third-order valence-corrected chi connectivity index (χ3v) is 7.37. The monoisotopic (exact) mass is 506 g/mol. The lowest BCUT2D eigenvalue weighted by molar-refractivity contribution is -0.136. The second-order valence-electron chi connectivity index (χ2n) is 9.90. The Labute approximate surface area is 219 Å². The fourth-order valence-corrected chi connectivity index (χ4v) is 5.45. The molecule has 2 aliphatic heterocycles. The van der Waals surface area contributed by atoms with E-state index in [2.05, 4.69) is 37.8 Å². The van der Waals surface area contributed by atoms with Gasteiger partial charge >= 0.3 is 6.01 Å². The number of ether oxygens (including phenoxy) is 1. The SMILES string of the molecule is C#Cc1c(-c2c(C)ccc3[nH]ncc23)nc(OCc2ccnnc2)nc1N1CCC2(CN(C(=O)C=C)C2)C1. The number of nitrogens with one attached hydrogen (secondary N) is 1. The first-order chi connectivity index (χ1) is 18.5. The van der Waals surface area contributed by atoms with Crippen molar-refractivity contribution in [3.05, 3.63) is 66.1 Å². The first-order valence-corrected chi connectivity index (χ1v) is 12.4. The molecule has 10 heteroatoms. The molecule has 0 unspecified atom stereocenters. The predicted molar refractivity (Wildman–Crippen MR) is 142 cm³/mol. The molecule has 3 aromatic heterocycles. The van der Waals surface area contributed by atoms with Gasteiger partial charge in [0.2, 0.25) is 5.91 Å². The van der Waals surface area contributed by atoms with Gasteiger partial charge in [0.05, 0.1) is 29.2 Å². The van der Waals surface area contributed by atoms with Crippen molar-refractivity contribution in [3.63, 3.8) is 0 Å². The van der Waals surface area contributed by atoms with Crippen molar-refractivity contribution in [2.45, 2.75) is 20.0 Å². The van der Waals surface area contributed by atoms with Crippen LogP contribution in [0, 0.1) is 24.7 Å². The molecule has 1 aromatic carbocycles. The summed E-state index contributed by atoms with van der Waals surface area (Å²) in [6.07, 6.45) is 13.5. The van der Waals surface area contributed by atoms with Gasteiger partial charge in [-0.2, -0.15) is 25.3 Å². The lowest BCUT2D eigenvalue weighted by Gasteiger charge is -2.47. The maximum Gasteiger partial charge on any atom is 0.319 e. The topological polar surface area (TPSA) is 113 Å². The first-order valence-electron chi connectivity index (χ1n) is 12.4. The predicted octanol–water partition coefficient (Wildman–Crippen LogP) is 2.90. The number of hydrogen-bond acceptors (Lipinski definition) is 8. The summed E-state index contributed by atoms with van der Waals surface area (Å²) in [6.45, 7) is 8.77. The molecule has 2 fully saturated rings. The van der Waals surface area contributed by atoms with Crippen molar-refractivity contribution < 1.29 is 9.53 Å². The molecule has 0 atom stereocenters. The quantitative estimate of drug-likeness (QED) is 0.314. The maximum atomic E-state index is 12.1. The van der Waals surface area contributed by atoms with E-state index in [1.54, 1.807) is 18.6 Å². The molecule has 1 amide bonds. The van der Waals surface area contributed by atoms with Crippen LogP contribution in [0.3, 0.4) is 0 Å². The lowest BCUT2D eigenvalue weighted by Crippen LogP contribution is -2.59. The normalized spacial score (nSPS) is 15.9. The van der Waals surface area contributed by atoms with E-state index in [1.165, 1.54) is 6.08 Å². The van der Waals surface area contributed by atoms with Crippen molar-refractivity contribution in [3.8, 4) is 29.6 Å². The second kappa shape index (κ2) is 9.27. The fourth-order valence-electron chi connectivity index (χ4n) is 5.45. The van der Waals surface area contributed by atoms with E-state index in [-0.39, 0.29) is 23.9 Å². The second-order valence-corrected chi connectivity index (χ2v) is 9.90. The highest BCUT2D eigenvalue weighted by Crippen LogP contribution is 2.43. The zero-order valence-electron chi connectivity index (χ0n) is 21.0. The first kappa shape index (κ1) is 23.6. The Bertz CT molecular complexity index is 1580. The largest absolute Gasteiger partial charge is 0.458 e. The van der Waals surface area contributed by atoms with E-state index < -0.39 is 0 Å². The van der Waals surface area contributed by atoms with E-state index >= 15 is 0 Å². The summed E-state index contributed by atoms with van der Waals surface area (Å²) in [6, 6.07) is 6.07. The Morgan fingerprint density at radius 3 is 2.87 bits per heavy atom. The average Bonchev–Trinajstić information content (AvgIpc) is 3.58. The molecule has 1 spiro atoms. The van der Waals surface area contributed by atoms with E-state index in [0.29, 0.717) is 30.2 Å². The van der Waals surface area contributed by atoms with Gasteiger partial charge in [0.25, 0.3) is 0 Å². The van der Waals surface area contributed by atoms with Gasteiger partial charge in [-0.05, 0) is 37.1 Å². The van der Waals surface area contributed by atoms with Crippen LogP contribution in [-0.2, 0) is 11.4 Å². The minimum atomic E-state index is -0.0346. The van der Waals surface area contributed by atoms with E-state index in [9.17, 15) is 4.79 Å². The molecular weight excluding hydrogens is 480 g/mol. The summed E-state index contributed by atoms with van der Waals surface area (Å²) < 4.78 is 6.07. The minimum absolute atomic E-state index is 0.0138. The van der Waals surface area contributed by atoms with Gasteiger partial charge in [-0.3, -0.25) is 9.89 Å². The number of rotatable bonds is 6. The standard InChI is InChI=1S/C28H26N8O2/c1-4-20-25(24-18(3)6-7-22-21(24)13-31-34-22)32-27(38-14-19-8-10-29-30-12-19)33-26(20)35-11-9-28(15-35)16-36(17-28)23(37)5-2/h1,5-8,10,12-13H,2,9,11,14-17H2,3H3,(H,31,34). The number of H-pyrrole nitrogens is 1. The number of aromatic nitrogens is 6. The lowest BCUT2D eigenvalue weighted by atomic mass is 9.79. The van der Waals surface area contributed by atoms with Crippen LogP contribution in [0.1, 0.15) is 23.1 Å². The molecule has 38 heavy (non-hydrogen) atoms. The summed E-state index contributed by atoms with van der Waals surface area (Å²) >= 11 is 0. The number of nitrogens with zero attached hydrogens (tertiary/aromatic N) is 7. The number of carbonyl (C=O) groups is 1. The molecule has 0 saturated carbocycles. The third-order valence-electron chi connectivity index (χ3n) is 7.37. The van der Waals surface area contributed by atoms with Gasteiger partial charge < -0.3 is 14.5 Å². The highest BCUT2D eigenvalue weighted by atomic mass is 16.5. The maximum absolute atomic E-state index is 12.1. The van der Waals surface area contributed by atoms with Gasteiger partial charge in [0, 0.05) is 54.3 Å². The molecule has 10 nitrogen and oxygen atoms in total. The fraction of sp³-hybridized carbons (Fsp3) is 0.286. The van der Waals surface area contributed by atoms with Crippen LogP contribution in [0.5, 0.6) is 6.01 Å². The smallest absolute Gasteiger partial charge is 0.319 e. The number of anilines is 1. The molecule has 4 aromatic rings. The number of carbonyl (C=O) groups excluding carboxylic acids is 1. The Morgan fingerprint density at radius 2 is 2.11 bits per heavy atom. The van der Waals surface area contributed by atoms with Crippen LogP contribution in [0.4, 0.5) is 5.82 Å². The highest BCUT2D eigenvalue weighted by molar-refractivity contribution is 5.97. The van der Waals surface area contributed by atoms with Crippen molar-refractivity contribution in [1.82, 2.24) is 35.3 Å². The summed E-state index contributed by atoms with van der Waals surface area (Å²) in [5.41, 5.74) is 4.89. The number of hydrogen-bond donors (Lipinski definition) is 1. The number of aryl methyl sites for hydroxylation is 1. The Balaban J connectivity index is 1.41. The van der Waals surface area contributed by atoms with Crippen molar-refractivity contribution in [2.75, 3.05) is 31.1 Å². The summed E-state index contributed by atoms with van der Waals surface area (Å²) in [5.74, 6) is 3.50. The van der Waals surface area contributed by atoms with E-state index in [0.717, 1.165) is 47.1 Å². The molecule has 2 saturated heterocycles. The van der Waals surface area contributed by atoms with Crippen LogP contribution in [-0.4, -0.2) is 67.3 Å². The zero-order chi connectivity index (χ0) is 26.3. The number of fused-ring (bicyclic) bond motifs is 1. The number of terminal acetylenes is 1. The van der Waals surface area contributed by atoms with E-state index in [4.69, 9.17) is 21.1 Å². The molecule has 0 radical (unpaired) electrons. The summed E-state index contributed by atoms with van der Waals surface area (Å²) in [5, 5.41) is 15.9. The molecular formula is C28H26N8O2. The molecule has 0 bridgehead atoms. The van der Waals surface area contributed by atoms with Crippen molar-refractivity contribution in [1.29, 1.82) is 0 Å². The van der Waals surface area contributed by atoms with Gasteiger partial charge in [-0.25, -0.2) is 0 Å². The average molecular weight is 507 g/mol. The number of aromatic amines is 1. The van der Waals surface area contributed by atoms with E-state index in [1.807, 2.05) is 30.0 Å². The van der Waals surface area contributed by atoms with Crippen molar-refractivity contribution >= 4 is 22.6 Å². The van der Waals surface area contributed by atoms with Crippen LogP contribution in [0.25, 0.3) is 22.2 Å². The Kier molecular flexibility index (Phi) is 5.76. The minimum Gasteiger partial charge on any atom is -0.458 e.